The largest absolute Gasteiger partial charge is 1.00 e. The second-order valence-electron chi connectivity index (χ2n) is 3.56. The van der Waals surface area contributed by atoms with Gasteiger partial charge < -0.3 is 4.55 Å². The Labute approximate surface area is 142 Å². The minimum atomic E-state index is -4.42. The van der Waals surface area contributed by atoms with Crippen LogP contribution in [0.25, 0.3) is 0 Å². The Bertz CT molecular complexity index is 698. The van der Waals surface area contributed by atoms with E-state index in [-0.39, 0.29) is 34.5 Å². The molecule has 1 heterocycles. The average molecular weight is 320 g/mol. The fraction of sp³-hybridized carbons (Fsp3) is 0.100. The predicted molar refractivity (Wildman–Crippen MR) is 69.4 cm³/mol. The first-order valence-electron chi connectivity index (χ1n) is 5.10. The van der Waals surface area contributed by atoms with E-state index in [1.807, 2.05) is 12.3 Å². The van der Waals surface area contributed by atoms with Crippen LogP contribution in [0.3, 0.4) is 0 Å². The number of rotatable bonds is 4. The van der Waals surface area contributed by atoms with Gasteiger partial charge in [-0.05, 0) is 31.2 Å². The summed E-state index contributed by atoms with van der Waals surface area (Å²) in [6.45, 7) is 1.85. The van der Waals surface area contributed by atoms with Crippen molar-refractivity contribution >= 4 is 32.3 Å². The molecule has 1 aromatic carbocycles. The van der Waals surface area contributed by atoms with E-state index >= 15 is 0 Å². The number of aromatic nitrogens is 1. The third-order valence-corrected chi connectivity index (χ3v) is 3.76. The Morgan fingerprint density at radius 3 is 2.45 bits per heavy atom. The van der Waals surface area contributed by atoms with Crippen LogP contribution in [0.1, 0.15) is 5.69 Å². The van der Waals surface area contributed by atoms with Crippen molar-refractivity contribution in [2.24, 2.45) is 10.3 Å². The molecule has 1 N–H and O–H groups in total. The number of anilines is 1. The first-order valence-corrected chi connectivity index (χ1v) is 7.39. The number of aryl methyl sites for hydroxylation is 1. The molecule has 0 aliphatic heterocycles. The molecule has 2 rings (SSSR count). The van der Waals surface area contributed by atoms with E-state index in [0.717, 1.165) is 5.69 Å². The molecule has 1 aromatic heterocycles. The number of thiazole rings is 1. The predicted octanol–water partition coefficient (Wildman–Crippen LogP) is -0.530. The monoisotopic (exact) mass is 320 g/mol. The van der Waals surface area contributed by atoms with Crippen LogP contribution < -0.4 is 35.0 Å². The van der Waals surface area contributed by atoms with Crippen molar-refractivity contribution in [1.29, 1.82) is 0 Å². The van der Waals surface area contributed by atoms with Crippen LogP contribution in [0.5, 0.6) is 0 Å². The van der Waals surface area contributed by atoms with E-state index in [4.69, 9.17) is 0 Å². The van der Waals surface area contributed by atoms with Gasteiger partial charge in [0, 0.05) is 5.38 Å². The minimum Gasteiger partial charge on any atom is -0.744 e. The standard InChI is InChI=1S/C10H10N4O3S2.Na/c1-7-6-18-10(11-7)13-14-12-8-2-4-9(5-3-8)19(15,16)17;/h2-6H,1H3,(H,11,12,13)(H,15,16,17);/q;+1/p-1. The molecular formula is C10H9N4NaO3S2. The first-order chi connectivity index (χ1) is 8.95. The Morgan fingerprint density at radius 1 is 1.30 bits per heavy atom. The molecule has 0 fully saturated rings. The summed E-state index contributed by atoms with van der Waals surface area (Å²) >= 11 is 1.36. The van der Waals surface area contributed by atoms with Gasteiger partial charge in [-0.15, -0.1) is 16.5 Å². The van der Waals surface area contributed by atoms with Gasteiger partial charge in [0.25, 0.3) is 0 Å². The molecule has 0 unspecified atom stereocenters. The van der Waals surface area contributed by atoms with Crippen molar-refractivity contribution in [3.8, 4) is 0 Å². The van der Waals surface area contributed by atoms with E-state index in [0.29, 0.717) is 10.8 Å². The van der Waals surface area contributed by atoms with Crippen LogP contribution >= 0.6 is 11.3 Å². The van der Waals surface area contributed by atoms with Gasteiger partial charge in [-0.2, -0.15) is 0 Å². The second-order valence-corrected chi connectivity index (χ2v) is 5.78. The van der Waals surface area contributed by atoms with Crippen molar-refractivity contribution in [2.75, 3.05) is 5.43 Å². The third kappa shape index (κ3) is 4.93. The maximum Gasteiger partial charge on any atom is 1.00 e. The van der Waals surface area contributed by atoms with E-state index < -0.39 is 10.1 Å². The topological polar surface area (TPSA) is 107 Å². The summed E-state index contributed by atoms with van der Waals surface area (Å²) in [5.41, 5.74) is 3.99. The van der Waals surface area contributed by atoms with Gasteiger partial charge in [0.05, 0.1) is 16.3 Å². The molecule has 10 heteroatoms. The fourth-order valence-electron chi connectivity index (χ4n) is 1.21. The van der Waals surface area contributed by atoms with Crippen molar-refractivity contribution in [1.82, 2.24) is 4.98 Å². The Morgan fingerprint density at radius 2 is 1.95 bits per heavy atom. The van der Waals surface area contributed by atoms with Crippen LogP contribution in [-0.4, -0.2) is 18.0 Å². The molecule has 0 spiro atoms. The SMILES string of the molecule is Cc1csc(/N=N/Nc2ccc(S(=O)(=O)[O-])cc2)n1.[Na+]. The maximum atomic E-state index is 10.7. The van der Waals surface area contributed by atoms with E-state index in [1.165, 1.54) is 35.6 Å². The molecule has 2 aromatic rings. The van der Waals surface area contributed by atoms with E-state index in [1.54, 1.807) is 0 Å². The van der Waals surface area contributed by atoms with Crippen molar-refractivity contribution in [3.05, 3.63) is 35.3 Å². The molecular weight excluding hydrogens is 311 g/mol. The van der Waals surface area contributed by atoms with Crippen LogP contribution in [0.4, 0.5) is 10.8 Å². The molecule has 0 amide bonds. The van der Waals surface area contributed by atoms with E-state index in [9.17, 15) is 13.0 Å². The summed E-state index contributed by atoms with van der Waals surface area (Å²) in [4.78, 5) is 3.80. The van der Waals surface area contributed by atoms with Gasteiger partial charge in [-0.25, -0.2) is 13.4 Å². The molecule has 7 nitrogen and oxygen atoms in total. The van der Waals surface area contributed by atoms with Gasteiger partial charge in [0.2, 0.25) is 5.13 Å². The summed E-state index contributed by atoms with van der Waals surface area (Å²) in [5, 5.41) is 9.91. The Kier molecular flexibility index (Phi) is 6.24. The van der Waals surface area contributed by atoms with Gasteiger partial charge >= 0.3 is 29.6 Å². The Hall–Kier alpha value is -0.840. The van der Waals surface area contributed by atoms with Crippen LogP contribution in [0.15, 0.2) is 44.9 Å². The summed E-state index contributed by atoms with van der Waals surface area (Å²) in [6.07, 6.45) is 0. The van der Waals surface area contributed by atoms with Gasteiger partial charge in [0.1, 0.15) is 10.1 Å². The van der Waals surface area contributed by atoms with Gasteiger partial charge in [0.15, 0.2) is 0 Å². The third-order valence-electron chi connectivity index (χ3n) is 2.06. The Balaban J connectivity index is 0.00000200. The van der Waals surface area contributed by atoms with Crippen molar-refractivity contribution < 1.29 is 42.5 Å². The van der Waals surface area contributed by atoms with Crippen LogP contribution in [0.2, 0.25) is 0 Å². The number of hydrogen-bond donors (Lipinski definition) is 1. The smallest absolute Gasteiger partial charge is 0.744 e. The quantitative estimate of drug-likeness (QED) is 0.353. The number of nitrogens with zero attached hydrogens (tertiary/aromatic N) is 3. The van der Waals surface area contributed by atoms with E-state index in [2.05, 4.69) is 20.7 Å². The number of benzene rings is 1. The summed E-state index contributed by atoms with van der Waals surface area (Å²) in [6, 6.07) is 5.26. The minimum absolute atomic E-state index is 0. The zero-order valence-electron chi connectivity index (χ0n) is 10.8. The first kappa shape index (κ1) is 17.2. The second kappa shape index (κ2) is 7.25. The van der Waals surface area contributed by atoms with Crippen LogP contribution in [-0.2, 0) is 10.1 Å². The molecule has 0 saturated carbocycles. The maximum absolute atomic E-state index is 10.7. The zero-order valence-corrected chi connectivity index (χ0v) is 14.4. The molecule has 0 bridgehead atoms. The van der Waals surface area contributed by atoms with Gasteiger partial charge in [-0.1, -0.05) is 5.22 Å². The van der Waals surface area contributed by atoms with Crippen molar-refractivity contribution in [2.45, 2.75) is 11.8 Å². The molecule has 100 valence electrons. The molecule has 20 heavy (non-hydrogen) atoms. The number of hydrogen-bond acceptors (Lipinski definition) is 7. The fourth-order valence-corrected chi connectivity index (χ4v) is 2.29. The molecule has 0 radical (unpaired) electrons. The molecule has 0 saturated heterocycles. The molecule has 0 aliphatic carbocycles. The summed E-state index contributed by atoms with van der Waals surface area (Å²) in [5.74, 6) is 0. The normalized spacial score (nSPS) is 11.3. The molecule has 0 atom stereocenters. The number of nitrogens with one attached hydrogen (secondary N) is 1. The average Bonchev–Trinajstić information content (AvgIpc) is 2.75. The summed E-state index contributed by atoms with van der Waals surface area (Å²) in [7, 11) is -4.42. The van der Waals surface area contributed by atoms with Crippen molar-refractivity contribution in [3.63, 3.8) is 0 Å². The van der Waals surface area contributed by atoms with Gasteiger partial charge in [-0.3, -0.25) is 5.43 Å². The van der Waals surface area contributed by atoms with Crippen LogP contribution in [0, 0.1) is 6.92 Å². The zero-order chi connectivity index (χ0) is 13.9. The summed E-state index contributed by atoms with van der Waals surface area (Å²) < 4.78 is 32.2. The molecule has 0 aliphatic rings.